The van der Waals surface area contributed by atoms with Crippen molar-refractivity contribution in [3.05, 3.63) is 21.3 Å². The van der Waals surface area contributed by atoms with E-state index in [2.05, 4.69) is 5.32 Å². The lowest BCUT2D eigenvalue weighted by atomic mass is 9.95. The third-order valence-electron chi connectivity index (χ3n) is 4.42. The first kappa shape index (κ1) is 15.8. The highest BCUT2D eigenvalue weighted by Gasteiger charge is 2.33. The van der Waals surface area contributed by atoms with Crippen LogP contribution >= 0.6 is 22.9 Å². The highest BCUT2D eigenvalue weighted by molar-refractivity contribution is 7.16. The Kier molecular flexibility index (Phi) is 4.73. The summed E-state index contributed by atoms with van der Waals surface area (Å²) in [5, 5.41) is 3.06. The van der Waals surface area contributed by atoms with Crippen molar-refractivity contribution in [1.82, 2.24) is 10.2 Å². The van der Waals surface area contributed by atoms with E-state index in [9.17, 15) is 9.59 Å². The molecule has 1 aliphatic carbocycles. The molecule has 22 heavy (non-hydrogen) atoms. The van der Waals surface area contributed by atoms with E-state index in [0.29, 0.717) is 16.9 Å². The molecule has 0 aromatic carbocycles. The van der Waals surface area contributed by atoms with E-state index in [4.69, 9.17) is 11.6 Å². The molecule has 0 bridgehead atoms. The zero-order valence-electron chi connectivity index (χ0n) is 12.7. The van der Waals surface area contributed by atoms with Crippen LogP contribution in [0.5, 0.6) is 0 Å². The van der Waals surface area contributed by atoms with Gasteiger partial charge in [0.15, 0.2) is 0 Å². The van der Waals surface area contributed by atoms with Gasteiger partial charge in [-0.05, 0) is 44.7 Å². The Balaban J connectivity index is 1.60. The molecule has 6 heteroatoms. The molecule has 120 valence electrons. The first-order valence-electron chi connectivity index (χ1n) is 7.89. The summed E-state index contributed by atoms with van der Waals surface area (Å²) in [7, 11) is 0. The minimum absolute atomic E-state index is 0.0579. The predicted molar refractivity (Wildman–Crippen MR) is 88.2 cm³/mol. The largest absolute Gasteiger partial charge is 0.353 e. The summed E-state index contributed by atoms with van der Waals surface area (Å²) in [6.07, 6.45) is 3.96. The van der Waals surface area contributed by atoms with Crippen molar-refractivity contribution in [2.75, 3.05) is 13.1 Å². The number of amides is 2. The average Bonchev–Trinajstić information content (AvgIpc) is 3.24. The summed E-state index contributed by atoms with van der Waals surface area (Å²) in [6, 6.07) is 4.12. The van der Waals surface area contributed by atoms with Crippen LogP contribution in [0, 0.1) is 5.92 Å². The van der Waals surface area contributed by atoms with E-state index in [1.54, 1.807) is 0 Å². The minimum Gasteiger partial charge on any atom is -0.353 e. The number of thiophene rings is 1. The van der Waals surface area contributed by atoms with Gasteiger partial charge in [-0.2, -0.15) is 0 Å². The number of hydrogen-bond donors (Lipinski definition) is 1. The van der Waals surface area contributed by atoms with Crippen LogP contribution in [-0.4, -0.2) is 35.8 Å². The fourth-order valence-corrected chi connectivity index (χ4v) is 4.00. The summed E-state index contributed by atoms with van der Waals surface area (Å²) in [4.78, 5) is 27.7. The Hall–Kier alpha value is -1.07. The zero-order chi connectivity index (χ0) is 15.7. The molecular formula is C16H21ClN2O2S. The SMILES string of the molecule is C[C@@H](C(=O)N1CCC[C@@H](C(=O)NC2CC2)C1)c1ccc(Cl)s1. The van der Waals surface area contributed by atoms with Crippen LogP contribution in [0.3, 0.4) is 0 Å². The monoisotopic (exact) mass is 340 g/mol. The molecule has 1 saturated carbocycles. The zero-order valence-corrected chi connectivity index (χ0v) is 14.3. The maximum Gasteiger partial charge on any atom is 0.230 e. The number of halogens is 1. The van der Waals surface area contributed by atoms with Gasteiger partial charge in [0.1, 0.15) is 0 Å². The molecule has 0 unspecified atom stereocenters. The van der Waals surface area contributed by atoms with Crippen molar-refractivity contribution in [2.24, 2.45) is 5.92 Å². The molecule has 0 spiro atoms. The van der Waals surface area contributed by atoms with Gasteiger partial charge in [0, 0.05) is 24.0 Å². The topological polar surface area (TPSA) is 49.4 Å². The molecule has 0 radical (unpaired) electrons. The Labute approximate surface area is 139 Å². The molecule has 3 rings (SSSR count). The third-order valence-corrected chi connectivity index (χ3v) is 5.83. The Morgan fingerprint density at radius 2 is 2.14 bits per heavy atom. The van der Waals surface area contributed by atoms with Gasteiger partial charge >= 0.3 is 0 Å². The second kappa shape index (κ2) is 6.59. The van der Waals surface area contributed by atoms with Crippen molar-refractivity contribution >= 4 is 34.8 Å². The van der Waals surface area contributed by atoms with Crippen LogP contribution < -0.4 is 5.32 Å². The maximum atomic E-state index is 12.7. The van der Waals surface area contributed by atoms with Crippen molar-refractivity contribution in [3.8, 4) is 0 Å². The lowest BCUT2D eigenvalue weighted by molar-refractivity contribution is -0.136. The summed E-state index contributed by atoms with van der Waals surface area (Å²) < 4.78 is 0.704. The van der Waals surface area contributed by atoms with Crippen molar-refractivity contribution in [1.29, 1.82) is 0 Å². The molecule has 1 saturated heterocycles. The minimum atomic E-state index is -0.192. The standard InChI is InChI=1S/C16H21ClN2O2S/c1-10(13-6-7-14(17)22-13)16(21)19-8-2-3-11(9-19)15(20)18-12-4-5-12/h6-7,10-12H,2-5,8-9H2,1H3,(H,18,20)/t10-,11-/m1/s1. The number of likely N-dealkylation sites (tertiary alicyclic amines) is 1. The highest BCUT2D eigenvalue weighted by Crippen LogP contribution is 2.30. The fraction of sp³-hybridized carbons (Fsp3) is 0.625. The van der Waals surface area contributed by atoms with E-state index < -0.39 is 0 Å². The number of carbonyl (C=O) groups is 2. The van der Waals surface area contributed by atoms with Crippen LogP contribution in [0.25, 0.3) is 0 Å². The molecule has 2 fully saturated rings. The van der Waals surface area contributed by atoms with Crippen LogP contribution in [0.15, 0.2) is 12.1 Å². The predicted octanol–water partition coefficient (Wildman–Crippen LogP) is 3.02. The van der Waals surface area contributed by atoms with Gasteiger partial charge < -0.3 is 10.2 Å². The maximum absolute atomic E-state index is 12.7. The van der Waals surface area contributed by atoms with Crippen LogP contribution in [0.1, 0.15) is 43.4 Å². The first-order chi connectivity index (χ1) is 10.5. The molecular weight excluding hydrogens is 320 g/mol. The van der Waals surface area contributed by atoms with E-state index in [1.807, 2.05) is 24.0 Å². The van der Waals surface area contributed by atoms with Gasteiger partial charge in [0.25, 0.3) is 0 Å². The molecule has 2 atom stereocenters. The molecule has 2 heterocycles. The normalized spacial score (nSPS) is 23.2. The molecule has 2 amide bonds. The molecule has 2 aliphatic rings. The quantitative estimate of drug-likeness (QED) is 0.916. The van der Waals surface area contributed by atoms with E-state index in [1.165, 1.54) is 11.3 Å². The smallest absolute Gasteiger partial charge is 0.230 e. The summed E-state index contributed by atoms with van der Waals surface area (Å²) in [6.45, 7) is 3.20. The summed E-state index contributed by atoms with van der Waals surface area (Å²) in [5.41, 5.74) is 0. The van der Waals surface area contributed by atoms with Crippen molar-refractivity contribution in [3.63, 3.8) is 0 Å². The van der Waals surface area contributed by atoms with E-state index >= 15 is 0 Å². The van der Waals surface area contributed by atoms with Crippen LogP contribution in [0.4, 0.5) is 0 Å². The van der Waals surface area contributed by atoms with Gasteiger partial charge in [-0.15, -0.1) is 11.3 Å². The lowest BCUT2D eigenvalue weighted by Gasteiger charge is -2.33. The van der Waals surface area contributed by atoms with Crippen molar-refractivity contribution < 1.29 is 9.59 Å². The molecule has 4 nitrogen and oxygen atoms in total. The summed E-state index contributed by atoms with van der Waals surface area (Å²) in [5.74, 6) is -0.0329. The second-order valence-corrected chi connectivity index (χ2v) is 8.02. The molecule has 1 aromatic rings. The van der Waals surface area contributed by atoms with E-state index in [0.717, 1.165) is 37.1 Å². The first-order valence-corrected chi connectivity index (χ1v) is 9.08. The lowest BCUT2D eigenvalue weighted by Crippen LogP contribution is -2.46. The number of nitrogens with one attached hydrogen (secondary N) is 1. The highest BCUT2D eigenvalue weighted by atomic mass is 35.5. The number of nitrogens with zero attached hydrogens (tertiary/aromatic N) is 1. The van der Waals surface area contributed by atoms with Gasteiger partial charge in [0.05, 0.1) is 16.2 Å². The third kappa shape index (κ3) is 3.63. The van der Waals surface area contributed by atoms with Gasteiger partial charge in [0.2, 0.25) is 11.8 Å². The van der Waals surface area contributed by atoms with Crippen LogP contribution in [0.2, 0.25) is 4.34 Å². The molecule has 1 aromatic heterocycles. The number of rotatable bonds is 4. The summed E-state index contributed by atoms with van der Waals surface area (Å²) >= 11 is 7.41. The number of piperidine rings is 1. The van der Waals surface area contributed by atoms with Gasteiger partial charge in [-0.1, -0.05) is 11.6 Å². The second-order valence-electron chi connectivity index (χ2n) is 6.27. The molecule has 1 N–H and O–H groups in total. The molecule has 1 aliphatic heterocycles. The van der Waals surface area contributed by atoms with Crippen molar-refractivity contribution in [2.45, 2.75) is 44.6 Å². The Morgan fingerprint density at radius 3 is 2.77 bits per heavy atom. The van der Waals surface area contributed by atoms with Gasteiger partial charge in [-0.25, -0.2) is 0 Å². The van der Waals surface area contributed by atoms with Gasteiger partial charge in [-0.3, -0.25) is 9.59 Å². The Bertz CT molecular complexity index is 570. The number of hydrogen-bond acceptors (Lipinski definition) is 3. The Morgan fingerprint density at radius 1 is 1.36 bits per heavy atom. The number of carbonyl (C=O) groups excluding carboxylic acids is 2. The fourth-order valence-electron chi connectivity index (χ4n) is 2.89. The van der Waals surface area contributed by atoms with Crippen LogP contribution in [-0.2, 0) is 9.59 Å². The van der Waals surface area contributed by atoms with E-state index in [-0.39, 0.29) is 23.7 Å². The average molecular weight is 341 g/mol.